The van der Waals surface area contributed by atoms with Crippen LogP contribution in [-0.4, -0.2) is 18.2 Å². The number of nitrogens with one attached hydrogen (secondary N) is 1. The molecule has 1 rings (SSSR count). The monoisotopic (exact) mass is 316 g/mol. The van der Waals surface area contributed by atoms with Gasteiger partial charge in [0, 0.05) is 22.5 Å². The van der Waals surface area contributed by atoms with Gasteiger partial charge >= 0.3 is 0 Å². The Morgan fingerprint density at radius 3 is 2.94 bits per heavy atom. The van der Waals surface area contributed by atoms with Crippen LogP contribution in [0.15, 0.2) is 22.7 Å². The van der Waals surface area contributed by atoms with E-state index in [2.05, 4.69) is 21.2 Å². The van der Waals surface area contributed by atoms with E-state index in [0.29, 0.717) is 5.75 Å². The zero-order chi connectivity index (χ0) is 12.7. The summed E-state index contributed by atoms with van der Waals surface area (Å²) in [5.41, 5.74) is 7.71. The molecule has 0 spiro atoms. The van der Waals surface area contributed by atoms with E-state index in [1.807, 2.05) is 25.1 Å². The van der Waals surface area contributed by atoms with Crippen molar-refractivity contribution in [2.45, 2.75) is 19.1 Å². The number of halogens is 1. The Hall–Kier alpha value is -0.680. The van der Waals surface area contributed by atoms with Crippen LogP contribution in [-0.2, 0) is 10.5 Å². The van der Waals surface area contributed by atoms with Gasteiger partial charge in [-0.2, -0.15) is 0 Å². The number of hydrogen-bond donors (Lipinski definition) is 2. The van der Waals surface area contributed by atoms with Gasteiger partial charge in [0.15, 0.2) is 0 Å². The summed E-state index contributed by atoms with van der Waals surface area (Å²) in [6, 6.07) is 5.83. The number of nitrogens with two attached hydrogens (primary N) is 1. The van der Waals surface area contributed by atoms with E-state index in [-0.39, 0.29) is 5.91 Å². The van der Waals surface area contributed by atoms with Crippen LogP contribution in [0, 0.1) is 0 Å². The Kier molecular flexibility index (Phi) is 6.44. The molecule has 0 aliphatic rings. The largest absolute Gasteiger partial charge is 0.398 e. The fourth-order valence-corrected chi connectivity index (χ4v) is 2.52. The molecule has 0 fully saturated rings. The van der Waals surface area contributed by atoms with Gasteiger partial charge in [0.25, 0.3) is 0 Å². The standard InChI is InChI=1S/C12H17BrN2OS/c1-2-5-15-12(16)8-17-7-9-3-4-10(13)6-11(9)14/h3-4,6H,2,5,7-8,14H2,1H3,(H,15,16). The van der Waals surface area contributed by atoms with E-state index < -0.39 is 0 Å². The molecule has 94 valence electrons. The molecule has 1 aromatic carbocycles. The molecular formula is C12H17BrN2OS. The van der Waals surface area contributed by atoms with Gasteiger partial charge in [0.1, 0.15) is 0 Å². The van der Waals surface area contributed by atoms with Crippen LogP contribution in [0.4, 0.5) is 5.69 Å². The molecule has 0 radical (unpaired) electrons. The van der Waals surface area contributed by atoms with E-state index in [4.69, 9.17) is 5.73 Å². The van der Waals surface area contributed by atoms with Crippen LogP contribution in [0.25, 0.3) is 0 Å². The van der Waals surface area contributed by atoms with Crippen LogP contribution in [0.2, 0.25) is 0 Å². The van der Waals surface area contributed by atoms with Crippen molar-refractivity contribution in [1.29, 1.82) is 0 Å². The maximum Gasteiger partial charge on any atom is 0.230 e. The molecule has 17 heavy (non-hydrogen) atoms. The number of benzene rings is 1. The quantitative estimate of drug-likeness (QED) is 0.793. The van der Waals surface area contributed by atoms with Gasteiger partial charge in [-0.25, -0.2) is 0 Å². The van der Waals surface area contributed by atoms with Gasteiger partial charge in [0.2, 0.25) is 5.91 Å². The van der Waals surface area contributed by atoms with E-state index in [9.17, 15) is 4.79 Å². The molecule has 1 aromatic rings. The lowest BCUT2D eigenvalue weighted by molar-refractivity contribution is -0.118. The molecule has 5 heteroatoms. The molecule has 0 aromatic heterocycles. The van der Waals surface area contributed by atoms with Crippen molar-refractivity contribution in [1.82, 2.24) is 5.32 Å². The van der Waals surface area contributed by atoms with E-state index in [1.165, 1.54) is 0 Å². The van der Waals surface area contributed by atoms with Crippen molar-refractivity contribution >= 4 is 39.3 Å². The summed E-state index contributed by atoms with van der Waals surface area (Å²) in [7, 11) is 0. The predicted octanol–water partition coefficient (Wildman–Crippen LogP) is 2.79. The summed E-state index contributed by atoms with van der Waals surface area (Å²) in [6.07, 6.45) is 0.968. The molecular weight excluding hydrogens is 300 g/mol. The molecule has 3 nitrogen and oxygen atoms in total. The number of anilines is 1. The second kappa shape index (κ2) is 7.61. The minimum absolute atomic E-state index is 0.0903. The SMILES string of the molecule is CCCNC(=O)CSCc1ccc(Br)cc1N. The number of thioether (sulfide) groups is 1. The summed E-state index contributed by atoms with van der Waals surface area (Å²) in [5.74, 6) is 1.33. The van der Waals surface area contributed by atoms with Gasteiger partial charge in [-0.05, 0) is 24.1 Å². The third kappa shape index (κ3) is 5.46. The molecule has 0 aliphatic carbocycles. The predicted molar refractivity (Wildman–Crippen MR) is 78.0 cm³/mol. The Morgan fingerprint density at radius 1 is 1.53 bits per heavy atom. The van der Waals surface area contributed by atoms with Gasteiger partial charge in [0.05, 0.1) is 5.75 Å². The minimum atomic E-state index is 0.0903. The van der Waals surface area contributed by atoms with E-state index >= 15 is 0 Å². The number of nitrogen functional groups attached to an aromatic ring is 1. The van der Waals surface area contributed by atoms with Crippen LogP contribution < -0.4 is 11.1 Å². The molecule has 0 bridgehead atoms. The average Bonchev–Trinajstić information content (AvgIpc) is 2.29. The lowest BCUT2D eigenvalue weighted by atomic mass is 10.2. The number of carbonyl (C=O) groups excluding carboxylic acids is 1. The van der Waals surface area contributed by atoms with Crippen LogP contribution in [0.5, 0.6) is 0 Å². The zero-order valence-electron chi connectivity index (χ0n) is 9.83. The van der Waals surface area contributed by atoms with E-state index in [1.54, 1.807) is 11.8 Å². The normalized spacial score (nSPS) is 10.2. The first-order valence-electron chi connectivity index (χ1n) is 5.51. The maximum absolute atomic E-state index is 11.4. The molecule has 0 atom stereocenters. The highest BCUT2D eigenvalue weighted by Crippen LogP contribution is 2.22. The van der Waals surface area contributed by atoms with Gasteiger partial charge in [-0.15, -0.1) is 11.8 Å². The summed E-state index contributed by atoms with van der Waals surface area (Å²) in [6.45, 7) is 2.79. The Labute approximate surface area is 115 Å². The van der Waals surface area contributed by atoms with Crippen molar-refractivity contribution < 1.29 is 4.79 Å². The molecule has 1 amide bonds. The molecule has 0 saturated carbocycles. The first kappa shape index (κ1) is 14.4. The molecule has 3 N–H and O–H groups in total. The third-order valence-electron chi connectivity index (χ3n) is 2.17. The van der Waals surface area contributed by atoms with Crippen molar-refractivity contribution in [2.75, 3.05) is 18.0 Å². The number of carbonyl (C=O) groups is 1. The number of hydrogen-bond acceptors (Lipinski definition) is 3. The van der Waals surface area contributed by atoms with Crippen molar-refractivity contribution in [2.24, 2.45) is 0 Å². The summed E-state index contributed by atoms with van der Waals surface area (Å²) < 4.78 is 0.976. The first-order chi connectivity index (χ1) is 8.13. The van der Waals surface area contributed by atoms with Crippen molar-refractivity contribution in [3.05, 3.63) is 28.2 Å². The number of amides is 1. The summed E-state index contributed by atoms with van der Waals surface area (Å²) in [5, 5.41) is 2.84. The van der Waals surface area contributed by atoms with Gasteiger partial charge < -0.3 is 11.1 Å². The fraction of sp³-hybridized carbons (Fsp3) is 0.417. The molecule has 0 saturated heterocycles. The lowest BCUT2D eigenvalue weighted by Gasteiger charge is -2.06. The Morgan fingerprint density at radius 2 is 2.29 bits per heavy atom. The Balaban J connectivity index is 2.33. The first-order valence-corrected chi connectivity index (χ1v) is 7.46. The Bertz CT molecular complexity index is 385. The average molecular weight is 317 g/mol. The van der Waals surface area contributed by atoms with Crippen LogP contribution in [0.3, 0.4) is 0 Å². The van der Waals surface area contributed by atoms with Crippen LogP contribution >= 0.6 is 27.7 Å². The highest BCUT2D eigenvalue weighted by molar-refractivity contribution is 9.10. The topological polar surface area (TPSA) is 55.1 Å². The van der Waals surface area contributed by atoms with Crippen LogP contribution in [0.1, 0.15) is 18.9 Å². The highest BCUT2D eigenvalue weighted by atomic mass is 79.9. The second-order valence-electron chi connectivity index (χ2n) is 3.69. The summed E-state index contributed by atoms with van der Waals surface area (Å²) in [4.78, 5) is 11.4. The van der Waals surface area contributed by atoms with Crippen molar-refractivity contribution in [3.8, 4) is 0 Å². The van der Waals surface area contributed by atoms with Gasteiger partial charge in [-0.3, -0.25) is 4.79 Å². The molecule has 0 aliphatic heterocycles. The summed E-state index contributed by atoms with van der Waals surface area (Å²) >= 11 is 4.94. The van der Waals surface area contributed by atoms with Crippen molar-refractivity contribution in [3.63, 3.8) is 0 Å². The minimum Gasteiger partial charge on any atom is -0.398 e. The molecule has 0 unspecified atom stereocenters. The lowest BCUT2D eigenvalue weighted by Crippen LogP contribution is -2.25. The smallest absolute Gasteiger partial charge is 0.230 e. The highest BCUT2D eigenvalue weighted by Gasteiger charge is 2.03. The second-order valence-corrected chi connectivity index (χ2v) is 5.59. The van der Waals surface area contributed by atoms with E-state index in [0.717, 1.165) is 34.4 Å². The maximum atomic E-state index is 11.4. The zero-order valence-corrected chi connectivity index (χ0v) is 12.2. The number of rotatable bonds is 6. The fourth-order valence-electron chi connectivity index (χ4n) is 1.27. The molecule has 0 heterocycles. The third-order valence-corrected chi connectivity index (χ3v) is 3.65. The van der Waals surface area contributed by atoms with Gasteiger partial charge in [-0.1, -0.05) is 28.9 Å².